The van der Waals surface area contributed by atoms with E-state index in [-0.39, 0.29) is 31.0 Å². The van der Waals surface area contributed by atoms with Crippen LogP contribution in [0.4, 0.5) is 0 Å². The Balaban J connectivity index is 0.00000242. The fourth-order valence-corrected chi connectivity index (χ4v) is 2.29. The molecule has 2 atom stereocenters. The molecule has 1 aromatic rings. The van der Waals surface area contributed by atoms with Gasteiger partial charge in [0.2, 0.25) is 0 Å². The lowest BCUT2D eigenvalue weighted by Gasteiger charge is -2.30. The molecule has 0 aliphatic carbocycles. The van der Waals surface area contributed by atoms with E-state index in [4.69, 9.17) is 10.5 Å². The normalized spacial score (nSPS) is 20.6. The van der Waals surface area contributed by atoms with Crippen molar-refractivity contribution in [3.05, 3.63) is 29.8 Å². The van der Waals surface area contributed by atoms with Gasteiger partial charge < -0.3 is 21.1 Å². The third kappa shape index (κ3) is 5.20. The van der Waals surface area contributed by atoms with Gasteiger partial charge in [0.1, 0.15) is 5.75 Å². The summed E-state index contributed by atoms with van der Waals surface area (Å²) in [6, 6.07) is 6.80. The van der Waals surface area contributed by atoms with Gasteiger partial charge in [-0.05, 0) is 43.1 Å². The number of primary amides is 1. The van der Waals surface area contributed by atoms with Crippen LogP contribution in [0.5, 0.6) is 5.75 Å². The molecule has 0 saturated carbocycles. The number of benzene rings is 1. The van der Waals surface area contributed by atoms with Gasteiger partial charge in [0, 0.05) is 18.2 Å². The number of nitrogens with two attached hydrogens (primary N) is 1. The van der Waals surface area contributed by atoms with E-state index in [0.717, 1.165) is 19.5 Å². The molecule has 1 heterocycles. The zero-order chi connectivity index (χ0) is 15.2. The number of halogens is 1. The molecule has 1 aliphatic rings. The Labute approximate surface area is 136 Å². The van der Waals surface area contributed by atoms with Gasteiger partial charge in [-0.15, -0.1) is 12.4 Å². The maximum absolute atomic E-state index is 12.2. The standard InChI is InChI=1S/C15H21N3O3.ClH/c1-10-6-7-17-8-13(10)18-15(20)11-2-4-12(5-3-11)21-9-14(16)19;/h2-5,10,13,17H,6-9H2,1H3,(H2,16,19)(H,18,20);1H. The second-order valence-electron chi connectivity index (χ2n) is 5.33. The van der Waals surface area contributed by atoms with Gasteiger partial charge in [-0.1, -0.05) is 6.92 Å². The van der Waals surface area contributed by atoms with Crippen LogP contribution >= 0.6 is 12.4 Å². The molecule has 0 radical (unpaired) electrons. The van der Waals surface area contributed by atoms with Crippen LogP contribution in [0, 0.1) is 5.92 Å². The Morgan fingerprint density at radius 3 is 2.64 bits per heavy atom. The van der Waals surface area contributed by atoms with E-state index < -0.39 is 5.91 Å². The van der Waals surface area contributed by atoms with E-state index in [1.165, 1.54) is 0 Å². The first-order chi connectivity index (χ1) is 10.1. The first-order valence-electron chi connectivity index (χ1n) is 7.09. The van der Waals surface area contributed by atoms with E-state index in [2.05, 4.69) is 17.6 Å². The fourth-order valence-electron chi connectivity index (χ4n) is 2.29. The maximum atomic E-state index is 12.2. The summed E-state index contributed by atoms with van der Waals surface area (Å²) in [6.45, 7) is 3.77. The maximum Gasteiger partial charge on any atom is 0.255 e. The second kappa shape index (κ2) is 8.60. The SMILES string of the molecule is CC1CCNCC1NC(=O)c1ccc(OCC(N)=O)cc1.Cl. The molecule has 0 spiro atoms. The first kappa shape index (κ1) is 18.3. The summed E-state index contributed by atoms with van der Waals surface area (Å²) in [7, 11) is 0. The fraction of sp³-hybridized carbons (Fsp3) is 0.467. The molecule has 4 N–H and O–H groups in total. The van der Waals surface area contributed by atoms with E-state index in [9.17, 15) is 9.59 Å². The van der Waals surface area contributed by atoms with Crippen molar-refractivity contribution >= 4 is 24.2 Å². The van der Waals surface area contributed by atoms with Crippen LogP contribution in [-0.2, 0) is 4.79 Å². The molecular weight excluding hydrogens is 306 g/mol. The van der Waals surface area contributed by atoms with Gasteiger partial charge in [-0.25, -0.2) is 0 Å². The lowest BCUT2D eigenvalue weighted by molar-refractivity contribution is -0.119. The monoisotopic (exact) mass is 327 g/mol. The topological polar surface area (TPSA) is 93.4 Å². The van der Waals surface area contributed by atoms with E-state index in [1.807, 2.05) is 0 Å². The molecule has 7 heteroatoms. The van der Waals surface area contributed by atoms with Gasteiger partial charge in [-0.2, -0.15) is 0 Å². The Kier molecular flexibility index (Phi) is 7.14. The summed E-state index contributed by atoms with van der Waals surface area (Å²) >= 11 is 0. The van der Waals surface area contributed by atoms with Crippen molar-refractivity contribution in [3.63, 3.8) is 0 Å². The van der Waals surface area contributed by atoms with Gasteiger partial charge in [0.25, 0.3) is 11.8 Å². The van der Waals surface area contributed by atoms with Gasteiger partial charge in [-0.3, -0.25) is 9.59 Å². The molecule has 22 heavy (non-hydrogen) atoms. The van der Waals surface area contributed by atoms with E-state index in [1.54, 1.807) is 24.3 Å². The molecule has 2 rings (SSSR count). The number of ether oxygens (including phenoxy) is 1. The van der Waals surface area contributed by atoms with Crippen molar-refractivity contribution in [1.29, 1.82) is 0 Å². The summed E-state index contributed by atoms with van der Waals surface area (Å²) in [5, 5.41) is 6.32. The number of piperidine rings is 1. The summed E-state index contributed by atoms with van der Waals surface area (Å²) in [5.41, 5.74) is 5.57. The van der Waals surface area contributed by atoms with Gasteiger partial charge >= 0.3 is 0 Å². The third-order valence-corrected chi connectivity index (χ3v) is 3.64. The highest BCUT2D eigenvalue weighted by molar-refractivity contribution is 5.94. The summed E-state index contributed by atoms with van der Waals surface area (Å²) in [6.07, 6.45) is 1.06. The zero-order valence-electron chi connectivity index (χ0n) is 12.5. The Bertz CT molecular complexity index is 507. The van der Waals surface area contributed by atoms with Crippen LogP contribution in [0.15, 0.2) is 24.3 Å². The zero-order valence-corrected chi connectivity index (χ0v) is 13.3. The molecule has 6 nitrogen and oxygen atoms in total. The van der Waals surface area contributed by atoms with Crippen LogP contribution in [0.1, 0.15) is 23.7 Å². The minimum absolute atomic E-state index is 0. The van der Waals surface area contributed by atoms with Crippen molar-refractivity contribution in [3.8, 4) is 5.75 Å². The Morgan fingerprint density at radius 2 is 2.05 bits per heavy atom. The smallest absolute Gasteiger partial charge is 0.255 e. The lowest BCUT2D eigenvalue weighted by atomic mass is 9.94. The average Bonchev–Trinajstić information content (AvgIpc) is 2.48. The van der Waals surface area contributed by atoms with Crippen LogP contribution in [-0.4, -0.2) is 37.6 Å². The molecule has 1 aromatic carbocycles. The largest absolute Gasteiger partial charge is 0.484 e. The third-order valence-electron chi connectivity index (χ3n) is 3.64. The molecule has 2 amide bonds. The number of amides is 2. The Morgan fingerprint density at radius 1 is 1.36 bits per heavy atom. The van der Waals surface area contributed by atoms with Crippen LogP contribution in [0.3, 0.4) is 0 Å². The highest BCUT2D eigenvalue weighted by atomic mass is 35.5. The summed E-state index contributed by atoms with van der Waals surface area (Å²) < 4.78 is 5.15. The first-order valence-corrected chi connectivity index (χ1v) is 7.09. The molecule has 2 unspecified atom stereocenters. The molecule has 0 aromatic heterocycles. The van der Waals surface area contributed by atoms with Crippen molar-refractivity contribution in [2.24, 2.45) is 11.7 Å². The number of hydrogen-bond acceptors (Lipinski definition) is 4. The molecule has 0 bridgehead atoms. The second-order valence-corrected chi connectivity index (χ2v) is 5.33. The van der Waals surface area contributed by atoms with Crippen LogP contribution in [0.25, 0.3) is 0 Å². The van der Waals surface area contributed by atoms with Crippen LogP contribution in [0.2, 0.25) is 0 Å². The highest BCUT2D eigenvalue weighted by Gasteiger charge is 2.22. The van der Waals surface area contributed by atoms with Crippen molar-refractivity contribution in [1.82, 2.24) is 10.6 Å². The number of nitrogens with one attached hydrogen (secondary N) is 2. The van der Waals surface area contributed by atoms with Crippen molar-refractivity contribution in [2.75, 3.05) is 19.7 Å². The van der Waals surface area contributed by atoms with Gasteiger partial charge in [0.05, 0.1) is 0 Å². The number of hydrogen-bond donors (Lipinski definition) is 3. The Hall–Kier alpha value is -1.79. The number of carbonyl (C=O) groups is 2. The van der Waals surface area contributed by atoms with Crippen molar-refractivity contribution < 1.29 is 14.3 Å². The average molecular weight is 328 g/mol. The minimum Gasteiger partial charge on any atom is -0.484 e. The van der Waals surface area contributed by atoms with Crippen LogP contribution < -0.4 is 21.1 Å². The number of carbonyl (C=O) groups excluding carboxylic acids is 2. The molecule has 1 aliphatic heterocycles. The van der Waals surface area contributed by atoms with E-state index >= 15 is 0 Å². The van der Waals surface area contributed by atoms with Crippen molar-refractivity contribution in [2.45, 2.75) is 19.4 Å². The summed E-state index contributed by atoms with van der Waals surface area (Å²) in [5.74, 6) is 0.346. The predicted molar refractivity (Wildman–Crippen MR) is 86.3 cm³/mol. The van der Waals surface area contributed by atoms with Gasteiger partial charge in [0.15, 0.2) is 6.61 Å². The molecule has 122 valence electrons. The highest BCUT2D eigenvalue weighted by Crippen LogP contribution is 2.14. The molecule has 1 fully saturated rings. The summed E-state index contributed by atoms with van der Waals surface area (Å²) in [4.78, 5) is 22.8. The number of rotatable bonds is 5. The lowest BCUT2D eigenvalue weighted by Crippen LogP contribution is -2.50. The van der Waals surface area contributed by atoms with E-state index in [0.29, 0.717) is 17.2 Å². The molecule has 1 saturated heterocycles. The quantitative estimate of drug-likeness (QED) is 0.742. The predicted octanol–water partition coefficient (Wildman–Crippen LogP) is 0.700. The molecular formula is C15H22ClN3O3. The minimum atomic E-state index is -0.532.